The first-order valence-corrected chi connectivity index (χ1v) is 5.22. The van der Waals surface area contributed by atoms with Gasteiger partial charge in [-0.05, 0) is 30.9 Å². The standard InChI is InChI=1S/C10H9NO3S/c1-5-3-4-15-8(5)9-11-7(10(12)13)6(2)14-9/h3-4H,1-2H3,(H,12,13). The molecule has 0 aliphatic carbocycles. The lowest BCUT2D eigenvalue weighted by atomic mass is 10.3. The molecule has 0 saturated heterocycles. The quantitative estimate of drug-likeness (QED) is 0.850. The van der Waals surface area contributed by atoms with E-state index >= 15 is 0 Å². The van der Waals surface area contributed by atoms with Crippen LogP contribution in [0.5, 0.6) is 0 Å². The first-order valence-electron chi connectivity index (χ1n) is 4.35. The van der Waals surface area contributed by atoms with Crippen molar-refractivity contribution in [3.8, 4) is 10.8 Å². The van der Waals surface area contributed by atoms with E-state index in [0.717, 1.165) is 10.4 Å². The van der Waals surface area contributed by atoms with E-state index in [1.54, 1.807) is 6.92 Å². The van der Waals surface area contributed by atoms with Crippen molar-refractivity contribution in [2.75, 3.05) is 0 Å². The Morgan fingerprint density at radius 3 is 2.73 bits per heavy atom. The molecule has 2 aromatic rings. The van der Waals surface area contributed by atoms with E-state index < -0.39 is 5.97 Å². The number of thiophene rings is 1. The van der Waals surface area contributed by atoms with E-state index in [-0.39, 0.29) is 5.69 Å². The normalized spacial score (nSPS) is 10.5. The first-order chi connectivity index (χ1) is 7.09. The maximum atomic E-state index is 10.8. The molecule has 0 aliphatic rings. The summed E-state index contributed by atoms with van der Waals surface area (Å²) in [5.41, 5.74) is 1.02. The van der Waals surface area contributed by atoms with E-state index in [0.29, 0.717) is 11.7 Å². The molecule has 0 fully saturated rings. The molecule has 0 amide bonds. The SMILES string of the molecule is Cc1ccsc1-c1nc(C(=O)O)c(C)o1. The van der Waals surface area contributed by atoms with Crippen LogP contribution in [-0.2, 0) is 0 Å². The Hall–Kier alpha value is -1.62. The Bertz CT molecular complexity index is 512. The van der Waals surface area contributed by atoms with Gasteiger partial charge in [-0.15, -0.1) is 11.3 Å². The molecular formula is C10H9NO3S. The zero-order valence-corrected chi connectivity index (χ0v) is 9.09. The number of carboxylic acid groups (broad SMARTS) is 1. The van der Waals surface area contributed by atoms with Crippen LogP contribution in [0.3, 0.4) is 0 Å². The van der Waals surface area contributed by atoms with Crippen LogP contribution in [0.25, 0.3) is 10.8 Å². The molecule has 78 valence electrons. The molecule has 2 aromatic heterocycles. The second kappa shape index (κ2) is 3.51. The van der Waals surface area contributed by atoms with Crippen LogP contribution in [-0.4, -0.2) is 16.1 Å². The fourth-order valence-corrected chi connectivity index (χ4v) is 2.13. The van der Waals surface area contributed by atoms with Crippen molar-refractivity contribution in [2.45, 2.75) is 13.8 Å². The molecule has 15 heavy (non-hydrogen) atoms. The summed E-state index contributed by atoms with van der Waals surface area (Å²) in [5.74, 6) is -0.334. The van der Waals surface area contributed by atoms with Crippen LogP contribution in [0.2, 0.25) is 0 Å². The monoisotopic (exact) mass is 223 g/mol. The van der Waals surface area contributed by atoms with Gasteiger partial charge in [0, 0.05) is 0 Å². The number of carboxylic acids is 1. The van der Waals surface area contributed by atoms with E-state index in [1.807, 2.05) is 18.4 Å². The number of hydrogen-bond donors (Lipinski definition) is 1. The Morgan fingerprint density at radius 2 is 2.27 bits per heavy atom. The predicted molar refractivity (Wildman–Crippen MR) is 56.2 cm³/mol. The summed E-state index contributed by atoms with van der Waals surface area (Å²) in [5, 5.41) is 10.7. The van der Waals surface area contributed by atoms with Gasteiger partial charge >= 0.3 is 5.97 Å². The first kappa shape index (κ1) is 9.92. The molecule has 0 unspecified atom stereocenters. The number of nitrogens with zero attached hydrogens (tertiary/aromatic N) is 1. The van der Waals surface area contributed by atoms with E-state index in [9.17, 15) is 4.79 Å². The predicted octanol–water partition coefficient (Wildman–Crippen LogP) is 2.72. The van der Waals surface area contributed by atoms with Crippen molar-refractivity contribution in [1.29, 1.82) is 0 Å². The molecule has 2 rings (SSSR count). The highest BCUT2D eigenvalue weighted by molar-refractivity contribution is 7.13. The smallest absolute Gasteiger partial charge is 0.358 e. The summed E-state index contributed by atoms with van der Waals surface area (Å²) in [6, 6.07) is 1.94. The minimum atomic E-state index is -1.06. The summed E-state index contributed by atoms with van der Waals surface area (Å²) < 4.78 is 5.32. The number of hydrogen-bond acceptors (Lipinski definition) is 4. The van der Waals surface area contributed by atoms with Crippen LogP contribution < -0.4 is 0 Å². The number of aryl methyl sites for hydroxylation is 2. The van der Waals surface area contributed by atoms with Gasteiger partial charge in [0.25, 0.3) is 0 Å². The van der Waals surface area contributed by atoms with Crippen molar-refractivity contribution in [3.63, 3.8) is 0 Å². The van der Waals surface area contributed by atoms with Crippen molar-refractivity contribution >= 4 is 17.3 Å². The molecule has 2 heterocycles. The highest BCUT2D eigenvalue weighted by Crippen LogP contribution is 2.29. The van der Waals surface area contributed by atoms with Crippen LogP contribution in [0.4, 0.5) is 0 Å². The van der Waals surface area contributed by atoms with Crippen LogP contribution in [0.15, 0.2) is 15.9 Å². The third-order valence-corrected chi connectivity index (χ3v) is 3.06. The molecule has 0 saturated carbocycles. The van der Waals surface area contributed by atoms with Crippen molar-refractivity contribution in [1.82, 2.24) is 4.98 Å². The van der Waals surface area contributed by atoms with Gasteiger partial charge < -0.3 is 9.52 Å². The molecule has 1 N–H and O–H groups in total. The van der Waals surface area contributed by atoms with Gasteiger partial charge in [0.15, 0.2) is 5.69 Å². The Kier molecular flexibility index (Phi) is 2.32. The van der Waals surface area contributed by atoms with E-state index in [2.05, 4.69) is 4.98 Å². The summed E-state index contributed by atoms with van der Waals surface area (Å²) in [4.78, 5) is 15.6. The lowest BCUT2D eigenvalue weighted by Crippen LogP contribution is -1.98. The van der Waals surface area contributed by atoms with Gasteiger partial charge in [0.2, 0.25) is 5.89 Å². The fourth-order valence-electron chi connectivity index (χ4n) is 1.28. The highest BCUT2D eigenvalue weighted by Gasteiger charge is 2.18. The lowest BCUT2D eigenvalue weighted by Gasteiger charge is -1.90. The largest absolute Gasteiger partial charge is 0.476 e. The lowest BCUT2D eigenvalue weighted by molar-refractivity contribution is 0.0689. The van der Waals surface area contributed by atoms with Gasteiger partial charge in [0.1, 0.15) is 5.76 Å². The summed E-state index contributed by atoms with van der Waals surface area (Å²) >= 11 is 1.49. The number of oxazole rings is 1. The molecule has 0 aliphatic heterocycles. The van der Waals surface area contributed by atoms with Gasteiger partial charge in [-0.3, -0.25) is 0 Å². The molecule has 0 atom stereocenters. The molecule has 4 nitrogen and oxygen atoms in total. The molecule has 5 heteroatoms. The van der Waals surface area contributed by atoms with Gasteiger partial charge in [-0.1, -0.05) is 0 Å². The third-order valence-electron chi connectivity index (χ3n) is 2.06. The second-order valence-electron chi connectivity index (χ2n) is 3.16. The van der Waals surface area contributed by atoms with Gasteiger partial charge in [0.05, 0.1) is 4.88 Å². The van der Waals surface area contributed by atoms with Crippen molar-refractivity contribution < 1.29 is 14.3 Å². The maximum Gasteiger partial charge on any atom is 0.358 e. The zero-order chi connectivity index (χ0) is 11.0. The number of aromatic nitrogens is 1. The van der Waals surface area contributed by atoms with Crippen LogP contribution in [0.1, 0.15) is 21.8 Å². The number of carbonyl (C=O) groups is 1. The van der Waals surface area contributed by atoms with Gasteiger partial charge in [-0.2, -0.15) is 0 Å². The fraction of sp³-hybridized carbons (Fsp3) is 0.200. The van der Waals surface area contributed by atoms with E-state index in [4.69, 9.17) is 9.52 Å². The Morgan fingerprint density at radius 1 is 1.53 bits per heavy atom. The topological polar surface area (TPSA) is 63.3 Å². The van der Waals surface area contributed by atoms with Crippen LogP contribution in [0, 0.1) is 13.8 Å². The molecule has 0 spiro atoms. The third kappa shape index (κ3) is 1.66. The average Bonchev–Trinajstić information content (AvgIpc) is 2.71. The zero-order valence-electron chi connectivity index (χ0n) is 8.27. The van der Waals surface area contributed by atoms with Crippen molar-refractivity contribution in [2.24, 2.45) is 0 Å². The number of rotatable bonds is 2. The molecule has 0 radical (unpaired) electrons. The summed E-state index contributed by atoms with van der Waals surface area (Å²) in [6.07, 6.45) is 0. The average molecular weight is 223 g/mol. The maximum absolute atomic E-state index is 10.8. The highest BCUT2D eigenvalue weighted by atomic mass is 32.1. The van der Waals surface area contributed by atoms with E-state index in [1.165, 1.54) is 11.3 Å². The Balaban J connectivity index is 2.52. The Labute approximate surface area is 90.2 Å². The second-order valence-corrected chi connectivity index (χ2v) is 4.08. The van der Waals surface area contributed by atoms with Crippen LogP contribution >= 0.6 is 11.3 Å². The molecule has 0 aromatic carbocycles. The van der Waals surface area contributed by atoms with Gasteiger partial charge in [-0.25, -0.2) is 9.78 Å². The minimum absolute atomic E-state index is 0.0159. The number of aromatic carboxylic acids is 1. The summed E-state index contributed by atoms with van der Waals surface area (Å²) in [7, 11) is 0. The molecular weight excluding hydrogens is 214 g/mol. The molecule has 0 bridgehead atoms. The summed E-state index contributed by atoms with van der Waals surface area (Å²) in [6.45, 7) is 3.54. The minimum Gasteiger partial charge on any atom is -0.476 e. The van der Waals surface area contributed by atoms with Crippen molar-refractivity contribution in [3.05, 3.63) is 28.5 Å².